The van der Waals surface area contributed by atoms with Crippen LogP contribution in [0.1, 0.15) is 12.0 Å². The van der Waals surface area contributed by atoms with Crippen molar-refractivity contribution in [3.8, 4) is 0 Å². The minimum absolute atomic E-state index is 0.105. The zero-order chi connectivity index (χ0) is 16.7. The number of aromatic nitrogens is 1. The summed E-state index contributed by atoms with van der Waals surface area (Å²) < 4.78 is 32.8. The van der Waals surface area contributed by atoms with Crippen molar-refractivity contribution < 1.29 is 17.9 Å². The normalized spacial score (nSPS) is 28.3. The third-order valence-electron chi connectivity index (χ3n) is 4.96. The van der Waals surface area contributed by atoms with Crippen LogP contribution in [0.15, 0.2) is 23.4 Å². The second-order valence-corrected chi connectivity index (χ2v) is 8.10. The first-order valence-electron chi connectivity index (χ1n) is 7.62. The van der Waals surface area contributed by atoms with Gasteiger partial charge >= 0.3 is 0 Å². The molecule has 0 bridgehead atoms. The monoisotopic (exact) mass is 339 g/mol. The van der Waals surface area contributed by atoms with E-state index < -0.39 is 15.4 Å². The van der Waals surface area contributed by atoms with Crippen LogP contribution in [0.5, 0.6) is 0 Å². The maximum atomic E-state index is 13.0. The fourth-order valence-corrected chi connectivity index (χ4v) is 5.29. The number of hydrogen-bond donors (Lipinski definition) is 1. The van der Waals surface area contributed by atoms with Gasteiger partial charge in [0.1, 0.15) is 4.90 Å². The molecule has 0 unspecified atom stereocenters. The lowest BCUT2D eigenvalue weighted by atomic mass is 9.73. The number of carbonyl (C=O) groups excluding carboxylic acids is 1. The summed E-state index contributed by atoms with van der Waals surface area (Å²) in [5.74, 6) is -0.227. The molecule has 1 aromatic heterocycles. The second-order valence-electron chi connectivity index (χ2n) is 6.20. The first-order valence-corrected chi connectivity index (χ1v) is 9.06. The van der Waals surface area contributed by atoms with E-state index in [0.29, 0.717) is 31.7 Å². The van der Waals surface area contributed by atoms with Crippen LogP contribution in [0.25, 0.3) is 0 Å². The summed E-state index contributed by atoms with van der Waals surface area (Å²) in [5, 5.41) is 2.69. The highest BCUT2D eigenvalue weighted by Crippen LogP contribution is 2.44. The Balaban J connectivity index is 1.97. The van der Waals surface area contributed by atoms with Crippen molar-refractivity contribution in [3.63, 3.8) is 0 Å². The van der Waals surface area contributed by atoms with Gasteiger partial charge in [-0.2, -0.15) is 4.31 Å². The van der Waals surface area contributed by atoms with Crippen LogP contribution in [0, 0.1) is 18.3 Å². The van der Waals surface area contributed by atoms with E-state index in [9.17, 15) is 13.2 Å². The topological polar surface area (TPSA) is 88.6 Å². The molecule has 0 saturated carbocycles. The number of amides is 1. The minimum Gasteiger partial charge on any atom is -0.381 e. The number of ether oxygens (including phenoxy) is 1. The predicted molar refractivity (Wildman–Crippen MR) is 83.2 cm³/mol. The van der Waals surface area contributed by atoms with Gasteiger partial charge in [-0.3, -0.25) is 9.78 Å². The number of hydrogen-bond acceptors (Lipinski definition) is 5. The molecule has 2 atom stereocenters. The van der Waals surface area contributed by atoms with Crippen molar-refractivity contribution in [1.29, 1.82) is 0 Å². The van der Waals surface area contributed by atoms with E-state index in [-0.39, 0.29) is 23.3 Å². The molecule has 1 amide bonds. The SMILES string of the molecule is CNC(=O)[C@]12CCOC[C@H]1CN(S(=O)(=O)c1cnccc1C)C2. The Bertz CT molecular complexity index is 721. The second kappa shape index (κ2) is 5.85. The molecule has 0 aromatic carbocycles. The van der Waals surface area contributed by atoms with Crippen LogP contribution < -0.4 is 5.32 Å². The average molecular weight is 339 g/mol. The Hall–Kier alpha value is -1.51. The standard InChI is InChI=1S/C15H21N3O4S/c1-11-3-5-17-7-13(11)23(20,21)18-8-12-9-22-6-4-15(12,10-18)14(19)16-2/h3,5,7,12H,4,6,8-10H2,1-2H3,(H,16,19)/t12-,15+/m1/s1. The highest BCUT2D eigenvalue weighted by atomic mass is 32.2. The van der Waals surface area contributed by atoms with Crippen LogP contribution in [0.4, 0.5) is 0 Å². The summed E-state index contributed by atoms with van der Waals surface area (Å²) in [6.45, 7) is 3.12. The lowest BCUT2D eigenvalue weighted by Crippen LogP contribution is -2.49. The number of pyridine rings is 1. The molecule has 2 aliphatic rings. The van der Waals surface area contributed by atoms with E-state index in [1.807, 2.05) is 0 Å². The lowest BCUT2D eigenvalue weighted by molar-refractivity contribution is -0.138. The molecule has 3 heterocycles. The number of aryl methyl sites for hydroxylation is 1. The third kappa shape index (κ3) is 2.54. The van der Waals surface area contributed by atoms with E-state index in [4.69, 9.17) is 4.74 Å². The molecule has 0 spiro atoms. The van der Waals surface area contributed by atoms with Crippen molar-refractivity contribution >= 4 is 15.9 Å². The number of fused-ring (bicyclic) bond motifs is 1. The van der Waals surface area contributed by atoms with E-state index in [1.165, 1.54) is 10.5 Å². The molecule has 2 saturated heterocycles. The van der Waals surface area contributed by atoms with Crippen LogP contribution in [-0.2, 0) is 19.6 Å². The van der Waals surface area contributed by atoms with E-state index in [1.54, 1.807) is 26.2 Å². The number of rotatable bonds is 3. The maximum absolute atomic E-state index is 13.0. The van der Waals surface area contributed by atoms with E-state index in [0.717, 1.165) is 0 Å². The highest BCUT2D eigenvalue weighted by molar-refractivity contribution is 7.89. The number of nitrogens with zero attached hydrogens (tertiary/aromatic N) is 2. The molecular formula is C15H21N3O4S. The summed E-state index contributed by atoms with van der Waals surface area (Å²) in [7, 11) is -2.08. The molecular weight excluding hydrogens is 318 g/mol. The average Bonchev–Trinajstić information content (AvgIpc) is 2.96. The largest absolute Gasteiger partial charge is 0.381 e. The lowest BCUT2D eigenvalue weighted by Gasteiger charge is -2.36. The number of carbonyl (C=O) groups is 1. The van der Waals surface area contributed by atoms with Gasteiger partial charge < -0.3 is 10.1 Å². The first kappa shape index (κ1) is 16.4. The zero-order valence-corrected chi connectivity index (χ0v) is 14.1. The van der Waals surface area contributed by atoms with Gasteiger partial charge in [0.05, 0.1) is 12.0 Å². The molecule has 3 rings (SSSR count). The summed E-state index contributed by atoms with van der Waals surface area (Å²) in [4.78, 5) is 16.6. The van der Waals surface area contributed by atoms with Crippen molar-refractivity contribution in [2.75, 3.05) is 33.4 Å². The number of nitrogens with one attached hydrogen (secondary N) is 1. The van der Waals surface area contributed by atoms with Crippen molar-refractivity contribution in [1.82, 2.24) is 14.6 Å². The van der Waals surface area contributed by atoms with E-state index >= 15 is 0 Å². The molecule has 0 radical (unpaired) electrons. The minimum atomic E-state index is -3.67. The predicted octanol–water partition coefficient (Wildman–Crippen LogP) is 0.163. The summed E-state index contributed by atoms with van der Waals surface area (Å²) in [6, 6.07) is 1.67. The van der Waals surface area contributed by atoms with Crippen LogP contribution in [0.3, 0.4) is 0 Å². The van der Waals surface area contributed by atoms with Crippen LogP contribution in [-0.4, -0.2) is 57.0 Å². The molecule has 7 nitrogen and oxygen atoms in total. The van der Waals surface area contributed by atoms with Gasteiger partial charge in [0, 0.05) is 45.1 Å². The Morgan fingerprint density at radius 1 is 1.52 bits per heavy atom. The van der Waals surface area contributed by atoms with Gasteiger partial charge in [-0.05, 0) is 25.0 Å². The van der Waals surface area contributed by atoms with Gasteiger partial charge in [-0.25, -0.2) is 8.42 Å². The quantitative estimate of drug-likeness (QED) is 0.848. The fourth-order valence-electron chi connectivity index (χ4n) is 3.57. The molecule has 2 fully saturated rings. The Morgan fingerprint density at radius 2 is 2.30 bits per heavy atom. The Kier molecular flexibility index (Phi) is 4.16. The van der Waals surface area contributed by atoms with Crippen molar-refractivity contribution in [3.05, 3.63) is 24.0 Å². The Morgan fingerprint density at radius 3 is 3.00 bits per heavy atom. The van der Waals surface area contributed by atoms with Crippen molar-refractivity contribution in [2.24, 2.45) is 11.3 Å². The van der Waals surface area contributed by atoms with Gasteiger partial charge in [-0.15, -0.1) is 0 Å². The van der Waals surface area contributed by atoms with Gasteiger partial charge in [0.15, 0.2) is 0 Å². The maximum Gasteiger partial charge on any atom is 0.244 e. The molecule has 1 aromatic rings. The summed E-state index contributed by atoms with van der Waals surface area (Å²) in [6.07, 6.45) is 3.48. The molecule has 23 heavy (non-hydrogen) atoms. The highest BCUT2D eigenvalue weighted by Gasteiger charge is 2.55. The van der Waals surface area contributed by atoms with Gasteiger partial charge in [-0.1, -0.05) is 0 Å². The third-order valence-corrected chi connectivity index (χ3v) is 6.90. The summed E-state index contributed by atoms with van der Waals surface area (Å²) >= 11 is 0. The van der Waals surface area contributed by atoms with E-state index in [2.05, 4.69) is 10.3 Å². The number of sulfonamides is 1. The smallest absolute Gasteiger partial charge is 0.244 e. The molecule has 1 N–H and O–H groups in total. The molecule has 8 heteroatoms. The van der Waals surface area contributed by atoms with Crippen molar-refractivity contribution in [2.45, 2.75) is 18.2 Å². The molecule has 0 aliphatic carbocycles. The Labute approximate surface area is 136 Å². The first-order chi connectivity index (χ1) is 10.9. The fraction of sp³-hybridized carbons (Fsp3) is 0.600. The molecule has 126 valence electrons. The zero-order valence-electron chi connectivity index (χ0n) is 13.3. The van der Waals surface area contributed by atoms with Gasteiger partial charge in [0.2, 0.25) is 15.9 Å². The molecule has 2 aliphatic heterocycles. The van der Waals surface area contributed by atoms with Crippen LogP contribution >= 0.6 is 0 Å². The summed E-state index contributed by atoms with van der Waals surface area (Å²) in [5.41, 5.74) is -0.0453. The van der Waals surface area contributed by atoms with Crippen LogP contribution in [0.2, 0.25) is 0 Å². The van der Waals surface area contributed by atoms with Gasteiger partial charge in [0.25, 0.3) is 0 Å².